The number of para-hydroxylation sites is 1. The van der Waals surface area contributed by atoms with Crippen LogP contribution in [0.15, 0.2) is 182 Å². The fraction of sp³-hybridized carbons (Fsp3) is 0.0714. The first-order valence-electron chi connectivity index (χ1n) is 20.5. The molecule has 58 heavy (non-hydrogen) atoms. The van der Waals surface area contributed by atoms with Gasteiger partial charge in [0.15, 0.2) is 5.60 Å². The minimum atomic E-state index is -0.856. The number of nitrogens with zero attached hydrogens (tertiary/aromatic N) is 1. The van der Waals surface area contributed by atoms with Gasteiger partial charge in [-0.15, -0.1) is 0 Å². The van der Waals surface area contributed by atoms with Crippen molar-refractivity contribution in [3.8, 4) is 28.0 Å². The molecule has 13 rings (SSSR count). The van der Waals surface area contributed by atoms with Gasteiger partial charge in [0.05, 0.1) is 5.41 Å². The molecule has 2 atom stereocenters. The first-order valence-corrected chi connectivity index (χ1v) is 20.5. The number of fused-ring (bicyclic) bond motifs is 13. The van der Waals surface area contributed by atoms with Gasteiger partial charge in [0.2, 0.25) is 0 Å². The SMILES string of the molecule is C1=Cc2cccc3c2-c2c(cccc2C32c3ccccc3-c3c2c2c(c4ccccc34)OC(c3ccccc3)(c3ccc(N4CCc5ccccc54)cc3)C=C2)/C=C\1. The maximum Gasteiger partial charge on any atom is 0.178 e. The Morgan fingerprint density at radius 3 is 1.91 bits per heavy atom. The second-order valence-corrected chi connectivity index (χ2v) is 16.2. The molecule has 0 aromatic heterocycles. The Morgan fingerprint density at radius 1 is 0.500 bits per heavy atom. The van der Waals surface area contributed by atoms with Crippen LogP contribution >= 0.6 is 0 Å². The lowest BCUT2D eigenvalue weighted by molar-refractivity contribution is 0.163. The average molecular weight is 740 g/mol. The lowest BCUT2D eigenvalue weighted by atomic mass is 9.68. The summed E-state index contributed by atoms with van der Waals surface area (Å²) in [6, 6.07) is 60.5. The summed E-state index contributed by atoms with van der Waals surface area (Å²) in [7, 11) is 0. The Kier molecular flexibility index (Phi) is 6.45. The van der Waals surface area contributed by atoms with Gasteiger partial charge < -0.3 is 9.64 Å². The Morgan fingerprint density at radius 2 is 1.14 bits per heavy atom. The smallest absolute Gasteiger partial charge is 0.178 e. The van der Waals surface area contributed by atoms with Crippen molar-refractivity contribution in [1.82, 2.24) is 0 Å². The number of ether oxygens (including phenoxy) is 1. The van der Waals surface area contributed by atoms with Crippen molar-refractivity contribution < 1.29 is 4.74 Å². The highest BCUT2D eigenvalue weighted by atomic mass is 16.5. The molecule has 0 fully saturated rings. The van der Waals surface area contributed by atoms with Crippen molar-refractivity contribution in [3.05, 3.63) is 238 Å². The van der Waals surface area contributed by atoms with E-state index in [1.54, 1.807) is 0 Å². The van der Waals surface area contributed by atoms with Crippen molar-refractivity contribution in [3.63, 3.8) is 0 Å². The van der Waals surface area contributed by atoms with Crippen molar-refractivity contribution >= 4 is 40.4 Å². The Hall–Kier alpha value is -7.16. The monoisotopic (exact) mass is 739 g/mol. The maximum absolute atomic E-state index is 7.81. The molecular formula is C56H37NO. The van der Waals surface area contributed by atoms with Gasteiger partial charge in [0, 0.05) is 40.0 Å². The van der Waals surface area contributed by atoms with Gasteiger partial charge in [0.25, 0.3) is 0 Å². The maximum atomic E-state index is 7.81. The van der Waals surface area contributed by atoms with Crippen molar-refractivity contribution in [1.29, 1.82) is 0 Å². The van der Waals surface area contributed by atoms with Crippen LogP contribution < -0.4 is 9.64 Å². The fourth-order valence-electron chi connectivity index (χ4n) is 11.2. The minimum Gasteiger partial charge on any atom is -0.472 e. The lowest BCUT2D eigenvalue weighted by Crippen LogP contribution is -2.35. The molecule has 272 valence electrons. The standard InChI is InChI=1S/C56H37NO/c1-2-19-39(20-3-1)55(40-28-30-41(31-29-40)57-35-33-36-14-6-11-27-49(36)57)34-32-45-53-52(42-21-7-8-22-43(42)54(45)58-55)44-23-9-10-24-46(44)56(53)47-25-12-17-37-15-4-5-16-38-18-13-26-48(56)51(38)50(37)47/h1-32,34H,33,35H2/b5-4?,15-4-,16-5?,37-15?,38-16?. The number of allylic oxidation sites excluding steroid dienone is 2. The molecule has 1 spiro atoms. The molecule has 2 aliphatic heterocycles. The fourth-order valence-corrected chi connectivity index (χ4v) is 11.2. The topological polar surface area (TPSA) is 12.5 Å². The largest absolute Gasteiger partial charge is 0.472 e. The van der Waals surface area contributed by atoms with Crippen LogP contribution in [0, 0.1) is 0 Å². The van der Waals surface area contributed by atoms with E-state index in [-0.39, 0.29) is 0 Å². The molecule has 0 bridgehead atoms. The summed E-state index contributed by atoms with van der Waals surface area (Å²) >= 11 is 0. The second kappa shape index (κ2) is 11.7. The van der Waals surface area contributed by atoms with Gasteiger partial charge >= 0.3 is 0 Å². The number of anilines is 2. The molecule has 0 saturated heterocycles. The third kappa shape index (κ3) is 4.02. The van der Waals surface area contributed by atoms with Gasteiger partial charge in [-0.3, -0.25) is 0 Å². The molecular weight excluding hydrogens is 703 g/mol. The Bertz CT molecular complexity index is 3090. The van der Waals surface area contributed by atoms with Gasteiger partial charge in [0.1, 0.15) is 5.75 Å². The molecule has 2 heteroatoms. The summed E-state index contributed by atoms with van der Waals surface area (Å²) in [6.07, 6.45) is 14.7. The van der Waals surface area contributed by atoms with Gasteiger partial charge in [-0.2, -0.15) is 0 Å². The normalized spacial score (nSPS) is 20.2. The van der Waals surface area contributed by atoms with Crippen LogP contribution in [0.5, 0.6) is 5.75 Å². The van der Waals surface area contributed by atoms with E-state index in [4.69, 9.17) is 4.74 Å². The van der Waals surface area contributed by atoms with E-state index in [2.05, 4.69) is 205 Å². The zero-order chi connectivity index (χ0) is 38.0. The zero-order valence-corrected chi connectivity index (χ0v) is 31.8. The van der Waals surface area contributed by atoms with Crippen LogP contribution in [0.1, 0.15) is 55.6 Å². The van der Waals surface area contributed by atoms with Crippen LogP contribution in [0.25, 0.3) is 51.3 Å². The summed E-state index contributed by atoms with van der Waals surface area (Å²) in [5, 5.41) is 2.34. The average Bonchev–Trinajstić information content (AvgIpc) is 3.95. The Labute approximate surface area is 338 Å². The van der Waals surface area contributed by atoms with Crippen molar-refractivity contribution in [2.45, 2.75) is 17.4 Å². The summed E-state index contributed by atoms with van der Waals surface area (Å²) in [5.41, 5.74) is 18.9. The zero-order valence-electron chi connectivity index (χ0n) is 31.8. The first kappa shape index (κ1) is 32.0. The van der Waals surface area contributed by atoms with Gasteiger partial charge in [-0.1, -0.05) is 176 Å². The molecule has 0 radical (unpaired) electrons. The van der Waals surface area contributed by atoms with Crippen LogP contribution in [0.2, 0.25) is 0 Å². The molecule has 5 aliphatic rings. The molecule has 0 saturated carbocycles. The number of hydrogen-bond acceptors (Lipinski definition) is 2. The van der Waals surface area contributed by atoms with Crippen molar-refractivity contribution in [2.24, 2.45) is 0 Å². The molecule has 0 N–H and O–H groups in total. The summed E-state index contributed by atoms with van der Waals surface area (Å²) < 4.78 is 7.81. The first-order chi connectivity index (χ1) is 28.8. The molecule has 3 aliphatic carbocycles. The van der Waals surface area contributed by atoms with E-state index < -0.39 is 11.0 Å². The highest BCUT2D eigenvalue weighted by Crippen LogP contribution is 2.67. The molecule has 2 nitrogen and oxygen atoms in total. The molecule has 0 amide bonds. The molecule has 2 unspecified atom stereocenters. The van der Waals surface area contributed by atoms with Crippen LogP contribution in [0.3, 0.4) is 0 Å². The third-order valence-electron chi connectivity index (χ3n) is 13.5. The molecule has 8 aromatic carbocycles. The highest BCUT2D eigenvalue weighted by molar-refractivity contribution is 6.12. The summed E-state index contributed by atoms with van der Waals surface area (Å²) in [5.74, 6) is 0.928. The van der Waals surface area contributed by atoms with Crippen LogP contribution in [-0.2, 0) is 17.4 Å². The highest BCUT2D eigenvalue weighted by Gasteiger charge is 2.55. The van der Waals surface area contributed by atoms with Gasteiger partial charge in [-0.25, -0.2) is 0 Å². The van der Waals surface area contributed by atoms with Gasteiger partial charge in [-0.05, 0) is 97.3 Å². The van der Waals surface area contributed by atoms with E-state index in [9.17, 15) is 0 Å². The van der Waals surface area contributed by atoms with Crippen LogP contribution in [0.4, 0.5) is 11.4 Å². The minimum absolute atomic E-state index is 0.545. The van der Waals surface area contributed by atoms with E-state index in [1.807, 2.05) is 0 Å². The predicted molar refractivity (Wildman–Crippen MR) is 239 cm³/mol. The summed E-state index contributed by atoms with van der Waals surface area (Å²) in [4.78, 5) is 2.44. The molecule has 8 aromatic rings. The molecule has 2 heterocycles. The number of benzene rings is 8. The Balaban J connectivity index is 1.09. The quantitative estimate of drug-likeness (QED) is 0.179. The van der Waals surface area contributed by atoms with E-state index in [0.717, 1.165) is 40.8 Å². The van der Waals surface area contributed by atoms with E-state index >= 15 is 0 Å². The lowest BCUT2D eigenvalue weighted by Gasteiger charge is -2.39. The number of hydrogen-bond donors (Lipinski definition) is 0. The second-order valence-electron chi connectivity index (χ2n) is 16.2. The van der Waals surface area contributed by atoms with Crippen LogP contribution in [-0.4, -0.2) is 6.54 Å². The summed E-state index contributed by atoms with van der Waals surface area (Å²) in [6.45, 7) is 0.982. The third-order valence-corrected chi connectivity index (χ3v) is 13.5. The predicted octanol–water partition coefficient (Wildman–Crippen LogP) is 13.3. The van der Waals surface area contributed by atoms with E-state index in [0.29, 0.717) is 0 Å². The number of rotatable bonds is 3. The van der Waals surface area contributed by atoms with E-state index in [1.165, 1.54) is 78.0 Å². The van der Waals surface area contributed by atoms with Crippen molar-refractivity contribution in [2.75, 3.05) is 11.4 Å².